The van der Waals surface area contributed by atoms with Gasteiger partial charge in [0.05, 0.1) is 6.61 Å². The molecule has 0 aliphatic carbocycles. The smallest absolute Gasteiger partial charge is 0.305 e. The van der Waals surface area contributed by atoms with Crippen LogP contribution in [0.1, 0.15) is 150 Å². The van der Waals surface area contributed by atoms with Crippen molar-refractivity contribution >= 4 is 5.97 Å². The Kier molecular flexibility index (Phi) is 19.4. The number of ether oxygens (including phenoxy) is 1. The number of carbonyl (C=O) groups is 1. The first-order valence-corrected chi connectivity index (χ1v) is 12.8. The minimum absolute atomic E-state index is 0.0193. The Morgan fingerprint density at radius 3 is 1.46 bits per heavy atom. The lowest BCUT2D eigenvalue weighted by atomic mass is 9.78. The van der Waals surface area contributed by atoms with Crippen molar-refractivity contribution in [1.82, 2.24) is 0 Å². The van der Waals surface area contributed by atoms with Gasteiger partial charge in [-0.3, -0.25) is 4.79 Å². The number of rotatable bonds is 21. The zero-order valence-electron chi connectivity index (χ0n) is 20.0. The molecule has 0 rings (SSSR count). The normalized spacial score (nSPS) is 11.7. The van der Waals surface area contributed by atoms with Gasteiger partial charge in [0.2, 0.25) is 0 Å². The van der Waals surface area contributed by atoms with E-state index in [-0.39, 0.29) is 11.4 Å². The van der Waals surface area contributed by atoms with Gasteiger partial charge in [-0.05, 0) is 25.7 Å². The highest BCUT2D eigenvalue weighted by Crippen LogP contribution is 2.33. The fourth-order valence-electron chi connectivity index (χ4n) is 4.02. The molecule has 0 aromatic rings. The van der Waals surface area contributed by atoms with Crippen LogP contribution < -0.4 is 0 Å². The van der Waals surface area contributed by atoms with Crippen LogP contribution >= 0.6 is 0 Å². The van der Waals surface area contributed by atoms with Crippen molar-refractivity contribution in [1.29, 1.82) is 0 Å². The molecule has 0 spiro atoms. The lowest BCUT2D eigenvalue weighted by molar-refractivity contribution is -0.148. The maximum Gasteiger partial charge on any atom is 0.305 e. The average molecular weight is 397 g/mol. The van der Waals surface area contributed by atoms with Gasteiger partial charge in [-0.1, -0.05) is 118 Å². The second-order valence-electron chi connectivity index (χ2n) is 8.96. The molecule has 0 bridgehead atoms. The topological polar surface area (TPSA) is 26.3 Å². The van der Waals surface area contributed by atoms with Crippen LogP contribution in [-0.2, 0) is 9.53 Å². The summed E-state index contributed by atoms with van der Waals surface area (Å²) in [5.74, 6) is 0.0193. The molecule has 0 saturated carbocycles. The first-order valence-electron chi connectivity index (χ1n) is 12.8. The van der Waals surface area contributed by atoms with Gasteiger partial charge in [0, 0.05) is 11.8 Å². The van der Waals surface area contributed by atoms with E-state index < -0.39 is 0 Å². The third kappa shape index (κ3) is 15.4. The summed E-state index contributed by atoms with van der Waals surface area (Å²) in [5.41, 5.74) is 0.210. The zero-order chi connectivity index (χ0) is 20.9. The molecule has 0 amide bonds. The van der Waals surface area contributed by atoms with Crippen LogP contribution in [0, 0.1) is 5.41 Å². The number of unbranched alkanes of at least 4 members (excludes halogenated alkanes) is 13. The second-order valence-corrected chi connectivity index (χ2v) is 8.96. The molecule has 168 valence electrons. The van der Waals surface area contributed by atoms with E-state index in [0.717, 1.165) is 19.3 Å². The molecule has 0 aliphatic rings. The minimum atomic E-state index is 0.0193. The highest BCUT2D eigenvalue weighted by Gasteiger charge is 2.27. The predicted octanol–water partition coefficient (Wildman–Crippen LogP) is 9.01. The molecule has 0 fully saturated rings. The van der Waals surface area contributed by atoms with Crippen molar-refractivity contribution < 1.29 is 9.53 Å². The molecule has 0 saturated heterocycles. The van der Waals surface area contributed by atoms with E-state index in [1.165, 1.54) is 96.3 Å². The van der Waals surface area contributed by atoms with Gasteiger partial charge >= 0.3 is 5.97 Å². The van der Waals surface area contributed by atoms with Crippen LogP contribution in [0.15, 0.2) is 0 Å². The standard InChI is InChI=1S/C26H52O2/c1-5-9-11-12-13-14-15-16-17-18-19-20-21-22-25(27)28-24-26(7-3,8-4)23-10-6-2/h5-24H2,1-4H3. The number of hydrogen-bond acceptors (Lipinski definition) is 2. The third-order valence-corrected chi connectivity index (χ3v) is 6.58. The molecule has 0 aliphatic heterocycles. The summed E-state index contributed by atoms with van der Waals surface area (Å²) >= 11 is 0. The molecule has 0 aromatic heterocycles. The van der Waals surface area contributed by atoms with E-state index in [1.807, 2.05) is 0 Å². The van der Waals surface area contributed by atoms with Crippen LogP contribution in [0.25, 0.3) is 0 Å². The van der Waals surface area contributed by atoms with Crippen molar-refractivity contribution in [2.45, 2.75) is 150 Å². The highest BCUT2D eigenvalue weighted by atomic mass is 16.5. The fraction of sp³-hybridized carbons (Fsp3) is 0.962. The van der Waals surface area contributed by atoms with E-state index in [0.29, 0.717) is 13.0 Å². The summed E-state index contributed by atoms with van der Waals surface area (Å²) in [6, 6.07) is 0. The molecule has 0 aromatic carbocycles. The minimum Gasteiger partial charge on any atom is -0.465 e. The summed E-state index contributed by atoms with van der Waals surface area (Å²) < 4.78 is 5.65. The van der Waals surface area contributed by atoms with E-state index >= 15 is 0 Å². The Morgan fingerprint density at radius 1 is 0.607 bits per heavy atom. The molecule has 0 N–H and O–H groups in total. The lowest BCUT2D eigenvalue weighted by Gasteiger charge is -2.31. The zero-order valence-corrected chi connectivity index (χ0v) is 20.0. The number of carbonyl (C=O) groups excluding carboxylic acids is 1. The summed E-state index contributed by atoms with van der Waals surface area (Å²) in [5, 5.41) is 0. The molecule has 0 heterocycles. The average Bonchev–Trinajstić information content (AvgIpc) is 2.72. The summed E-state index contributed by atoms with van der Waals surface area (Å²) in [4.78, 5) is 12.1. The summed E-state index contributed by atoms with van der Waals surface area (Å²) in [7, 11) is 0. The highest BCUT2D eigenvalue weighted by molar-refractivity contribution is 5.69. The van der Waals surface area contributed by atoms with Crippen LogP contribution in [0.3, 0.4) is 0 Å². The van der Waals surface area contributed by atoms with E-state index in [1.54, 1.807) is 0 Å². The summed E-state index contributed by atoms with van der Waals surface area (Å²) in [6.45, 7) is 9.60. The van der Waals surface area contributed by atoms with Crippen molar-refractivity contribution in [2.24, 2.45) is 5.41 Å². The Bertz CT molecular complexity index is 333. The molecule has 2 nitrogen and oxygen atoms in total. The van der Waals surface area contributed by atoms with Crippen LogP contribution in [-0.4, -0.2) is 12.6 Å². The predicted molar refractivity (Wildman–Crippen MR) is 124 cm³/mol. The Balaban J connectivity index is 3.54. The maximum absolute atomic E-state index is 12.1. The Labute approximate surface area is 177 Å². The largest absolute Gasteiger partial charge is 0.465 e. The molecule has 0 radical (unpaired) electrons. The molecule has 28 heavy (non-hydrogen) atoms. The van der Waals surface area contributed by atoms with Crippen LogP contribution in [0.4, 0.5) is 0 Å². The van der Waals surface area contributed by atoms with Crippen LogP contribution in [0.2, 0.25) is 0 Å². The third-order valence-electron chi connectivity index (χ3n) is 6.58. The van der Waals surface area contributed by atoms with E-state index in [4.69, 9.17) is 4.74 Å². The summed E-state index contributed by atoms with van der Waals surface area (Å²) in [6.07, 6.45) is 23.9. The van der Waals surface area contributed by atoms with Crippen LogP contribution in [0.5, 0.6) is 0 Å². The van der Waals surface area contributed by atoms with Gasteiger partial charge in [0.1, 0.15) is 0 Å². The molecule has 0 atom stereocenters. The first kappa shape index (κ1) is 27.5. The Hall–Kier alpha value is -0.530. The lowest BCUT2D eigenvalue weighted by Crippen LogP contribution is -2.27. The monoisotopic (exact) mass is 396 g/mol. The van der Waals surface area contributed by atoms with E-state index in [9.17, 15) is 4.79 Å². The first-order chi connectivity index (χ1) is 13.6. The van der Waals surface area contributed by atoms with Gasteiger partial charge in [-0.15, -0.1) is 0 Å². The van der Waals surface area contributed by atoms with Gasteiger partial charge in [-0.2, -0.15) is 0 Å². The quantitative estimate of drug-likeness (QED) is 0.143. The second kappa shape index (κ2) is 19.8. The fourth-order valence-corrected chi connectivity index (χ4v) is 4.02. The SMILES string of the molecule is CCCCCCCCCCCCCCCC(=O)OCC(CC)(CC)CCCC. The van der Waals surface area contributed by atoms with Crippen molar-refractivity contribution in [3.8, 4) is 0 Å². The molecular weight excluding hydrogens is 344 g/mol. The molecular formula is C26H52O2. The number of esters is 1. The Morgan fingerprint density at radius 2 is 1.04 bits per heavy atom. The van der Waals surface area contributed by atoms with Crippen molar-refractivity contribution in [2.75, 3.05) is 6.61 Å². The van der Waals surface area contributed by atoms with Crippen molar-refractivity contribution in [3.63, 3.8) is 0 Å². The van der Waals surface area contributed by atoms with E-state index in [2.05, 4.69) is 27.7 Å². The number of hydrogen-bond donors (Lipinski definition) is 0. The van der Waals surface area contributed by atoms with Crippen molar-refractivity contribution in [3.05, 3.63) is 0 Å². The molecule has 2 heteroatoms. The maximum atomic E-state index is 12.1. The van der Waals surface area contributed by atoms with Gasteiger partial charge < -0.3 is 4.74 Å². The van der Waals surface area contributed by atoms with Gasteiger partial charge in [-0.25, -0.2) is 0 Å². The van der Waals surface area contributed by atoms with Gasteiger partial charge in [0.25, 0.3) is 0 Å². The molecule has 0 unspecified atom stereocenters. The van der Waals surface area contributed by atoms with Gasteiger partial charge in [0.15, 0.2) is 0 Å².